The first-order valence-corrected chi connectivity index (χ1v) is 8.48. The number of hydrogen-bond acceptors (Lipinski definition) is 3. The topological polar surface area (TPSA) is 44.4 Å². The van der Waals surface area contributed by atoms with Crippen molar-refractivity contribution in [3.8, 4) is 0 Å². The van der Waals surface area contributed by atoms with E-state index < -0.39 is 0 Å². The van der Waals surface area contributed by atoms with Crippen LogP contribution in [-0.4, -0.2) is 49.1 Å². The van der Waals surface area contributed by atoms with Crippen molar-refractivity contribution in [2.24, 2.45) is 11.8 Å². The van der Waals surface area contributed by atoms with Crippen LogP contribution in [0.15, 0.2) is 0 Å². The quantitative estimate of drug-likeness (QED) is 0.797. The molecule has 3 saturated heterocycles. The lowest BCUT2D eigenvalue weighted by Crippen LogP contribution is -2.40. The highest BCUT2D eigenvalue weighted by Crippen LogP contribution is 2.32. The minimum absolute atomic E-state index is 0. The molecule has 0 aromatic carbocycles. The fourth-order valence-corrected chi connectivity index (χ4v) is 4.30. The van der Waals surface area contributed by atoms with Gasteiger partial charge in [0.25, 0.3) is 0 Å². The third-order valence-electron chi connectivity index (χ3n) is 5.45. The summed E-state index contributed by atoms with van der Waals surface area (Å²) >= 11 is 0. The van der Waals surface area contributed by atoms with E-state index in [1.54, 1.807) is 0 Å². The third kappa shape index (κ3) is 5.26. The Morgan fingerprint density at radius 2 is 1.82 bits per heavy atom. The van der Waals surface area contributed by atoms with Crippen LogP contribution in [-0.2, 0) is 4.79 Å². The van der Waals surface area contributed by atoms with Crippen LogP contribution >= 0.6 is 24.8 Å². The molecular weight excluding hydrogens is 321 g/mol. The molecule has 0 aliphatic carbocycles. The lowest BCUT2D eigenvalue weighted by molar-refractivity contribution is -0.122. The number of fused-ring (bicyclic) bond motifs is 2. The molecule has 0 saturated carbocycles. The van der Waals surface area contributed by atoms with Crippen molar-refractivity contribution in [3.63, 3.8) is 0 Å². The number of carbonyl (C=O) groups is 1. The summed E-state index contributed by atoms with van der Waals surface area (Å²) in [6.45, 7) is 6.60. The second-order valence-corrected chi connectivity index (χ2v) is 7.03. The molecule has 4 nitrogen and oxygen atoms in total. The van der Waals surface area contributed by atoms with Gasteiger partial charge >= 0.3 is 0 Å². The van der Waals surface area contributed by atoms with Gasteiger partial charge in [-0.15, -0.1) is 24.8 Å². The molecule has 0 aromatic heterocycles. The summed E-state index contributed by atoms with van der Waals surface area (Å²) in [7, 11) is 0. The molecule has 22 heavy (non-hydrogen) atoms. The zero-order valence-corrected chi connectivity index (χ0v) is 15.2. The fraction of sp³-hybridized carbons (Fsp3) is 0.938. The molecule has 3 aliphatic heterocycles. The molecule has 3 rings (SSSR count). The number of nitrogens with one attached hydrogen (secondary N) is 2. The monoisotopic (exact) mass is 351 g/mol. The van der Waals surface area contributed by atoms with Gasteiger partial charge in [-0.2, -0.15) is 0 Å². The van der Waals surface area contributed by atoms with Crippen molar-refractivity contribution in [2.75, 3.05) is 26.2 Å². The van der Waals surface area contributed by atoms with Gasteiger partial charge in [0.15, 0.2) is 0 Å². The Labute approximate surface area is 147 Å². The maximum Gasteiger partial charge on any atom is 0.220 e. The largest absolute Gasteiger partial charge is 0.356 e. The number of halogens is 2. The maximum atomic E-state index is 12.1. The minimum Gasteiger partial charge on any atom is -0.356 e. The Kier molecular flexibility index (Phi) is 8.47. The first kappa shape index (κ1) is 20.0. The second kappa shape index (κ2) is 9.31. The molecule has 130 valence electrons. The molecule has 3 aliphatic rings. The number of rotatable bonds is 5. The minimum atomic E-state index is 0. The zero-order valence-electron chi connectivity index (χ0n) is 13.6. The van der Waals surface area contributed by atoms with Crippen LogP contribution in [0.25, 0.3) is 0 Å². The zero-order chi connectivity index (χ0) is 13.9. The van der Waals surface area contributed by atoms with Gasteiger partial charge in [-0.3, -0.25) is 4.79 Å². The summed E-state index contributed by atoms with van der Waals surface area (Å²) < 4.78 is 0. The molecule has 1 amide bonds. The highest BCUT2D eigenvalue weighted by atomic mass is 35.5. The van der Waals surface area contributed by atoms with Gasteiger partial charge in [0.05, 0.1) is 0 Å². The van der Waals surface area contributed by atoms with Crippen molar-refractivity contribution in [2.45, 2.75) is 57.5 Å². The van der Waals surface area contributed by atoms with Gasteiger partial charge in [-0.1, -0.05) is 6.92 Å². The summed E-state index contributed by atoms with van der Waals surface area (Å²) in [6.07, 6.45) is 7.04. The first-order chi connectivity index (χ1) is 9.72. The van der Waals surface area contributed by atoms with Crippen LogP contribution in [0.2, 0.25) is 0 Å². The van der Waals surface area contributed by atoms with E-state index in [1.165, 1.54) is 38.6 Å². The van der Waals surface area contributed by atoms with Gasteiger partial charge < -0.3 is 15.5 Å². The summed E-state index contributed by atoms with van der Waals surface area (Å²) in [5, 5.41) is 6.82. The van der Waals surface area contributed by atoms with E-state index in [9.17, 15) is 4.79 Å². The number of piperidine rings is 1. The first-order valence-electron chi connectivity index (χ1n) is 8.48. The fourth-order valence-electron chi connectivity index (χ4n) is 4.30. The smallest absolute Gasteiger partial charge is 0.220 e. The molecule has 3 heterocycles. The van der Waals surface area contributed by atoms with Crippen LogP contribution in [0, 0.1) is 11.8 Å². The van der Waals surface area contributed by atoms with E-state index in [0.717, 1.165) is 26.1 Å². The molecule has 3 atom stereocenters. The molecule has 0 spiro atoms. The standard InChI is InChI=1S/C16H29N3O.2ClH/c1-2-19-6-5-12(11-19)10-17-16(20)9-13-7-14-3-4-15(8-13)18-14;;/h12-15,18H,2-11H2,1H3,(H,17,20);2*1H. The number of amides is 1. The molecule has 3 fully saturated rings. The van der Waals surface area contributed by atoms with E-state index in [-0.39, 0.29) is 30.7 Å². The number of carbonyl (C=O) groups excluding carboxylic acids is 1. The average molecular weight is 352 g/mol. The molecule has 6 heteroatoms. The van der Waals surface area contributed by atoms with Crippen molar-refractivity contribution < 1.29 is 4.79 Å². The Balaban J connectivity index is 0.00000121. The van der Waals surface area contributed by atoms with E-state index in [0.29, 0.717) is 23.9 Å². The normalized spacial score (nSPS) is 33.9. The lowest BCUT2D eigenvalue weighted by Gasteiger charge is -2.28. The van der Waals surface area contributed by atoms with Crippen LogP contribution in [0.4, 0.5) is 0 Å². The van der Waals surface area contributed by atoms with Crippen molar-refractivity contribution in [1.82, 2.24) is 15.5 Å². The second-order valence-electron chi connectivity index (χ2n) is 7.03. The Hall–Kier alpha value is -0.0300. The predicted octanol–water partition coefficient (Wildman–Crippen LogP) is 2.21. The average Bonchev–Trinajstić information content (AvgIpc) is 3.03. The van der Waals surface area contributed by atoms with E-state index in [4.69, 9.17) is 0 Å². The van der Waals surface area contributed by atoms with Crippen molar-refractivity contribution in [3.05, 3.63) is 0 Å². The summed E-state index contributed by atoms with van der Waals surface area (Å²) in [5.74, 6) is 1.57. The van der Waals surface area contributed by atoms with E-state index in [1.807, 2.05) is 0 Å². The van der Waals surface area contributed by atoms with Crippen LogP contribution in [0.5, 0.6) is 0 Å². The third-order valence-corrected chi connectivity index (χ3v) is 5.45. The van der Waals surface area contributed by atoms with Crippen LogP contribution in [0.3, 0.4) is 0 Å². The highest BCUT2D eigenvalue weighted by molar-refractivity contribution is 5.85. The SMILES string of the molecule is CCN1CCC(CNC(=O)CC2CC3CCC(C2)N3)C1.Cl.Cl. The van der Waals surface area contributed by atoms with Gasteiger partial charge in [0, 0.05) is 31.6 Å². The Morgan fingerprint density at radius 1 is 1.14 bits per heavy atom. The lowest BCUT2D eigenvalue weighted by atomic mass is 9.89. The summed E-state index contributed by atoms with van der Waals surface area (Å²) in [5.41, 5.74) is 0. The number of nitrogens with zero attached hydrogens (tertiary/aromatic N) is 1. The van der Waals surface area contributed by atoms with Gasteiger partial charge in [-0.05, 0) is 57.0 Å². The molecule has 0 radical (unpaired) electrons. The summed E-state index contributed by atoms with van der Waals surface area (Å²) in [4.78, 5) is 14.6. The number of hydrogen-bond donors (Lipinski definition) is 2. The van der Waals surface area contributed by atoms with Gasteiger partial charge in [0.1, 0.15) is 0 Å². The Bertz CT molecular complexity index is 344. The van der Waals surface area contributed by atoms with Crippen LogP contribution in [0.1, 0.15) is 45.4 Å². The van der Waals surface area contributed by atoms with Gasteiger partial charge in [-0.25, -0.2) is 0 Å². The van der Waals surface area contributed by atoms with E-state index >= 15 is 0 Å². The summed E-state index contributed by atoms with van der Waals surface area (Å²) in [6, 6.07) is 1.39. The molecule has 2 N–H and O–H groups in total. The van der Waals surface area contributed by atoms with Gasteiger partial charge in [0.2, 0.25) is 5.91 Å². The van der Waals surface area contributed by atoms with Crippen molar-refractivity contribution >= 4 is 30.7 Å². The van der Waals surface area contributed by atoms with E-state index in [2.05, 4.69) is 22.5 Å². The predicted molar refractivity (Wildman–Crippen MR) is 95.0 cm³/mol. The Morgan fingerprint density at radius 3 is 2.41 bits per heavy atom. The highest BCUT2D eigenvalue weighted by Gasteiger charge is 2.34. The molecule has 2 bridgehead atoms. The molecular formula is C16H31Cl2N3O. The van der Waals surface area contributed by atoms with Crippen molar-refractivity contribution in [1.29, 1.82) is 0 Å². The molecule has 3 unspecified atom stereocenters. The molecule has 0 aromatic rings. The maximum absolute atomic E-state index is 12.1. The van der Waals surface area contributed by atoms with Crippen LogP contribution < -0.4 is 10.6 Å². The number of likely N-dealkylation sites (tertiary alicyclic amines) is 1.